The number of esters is 1. The van der Waals surface area contributed by atoms with Crippen molar-refractivity contribution >= 4 is 18.4 Å². The lowest BCUT2D eigenvalue weighted by atomic mass is 10.1. The van der Waals surface area contributed by atoms with Gasteiger partial charge in [0.05, 0.1) is 11.3 Å². The van der Waals surface area contributed by atoms with Gasteiger partial charge in [-0.05, 0) is 51.8 Å². The summed E-state index contributed by atoms with van der Waals surface area (Å²) in [6.07, 6.45) is 0. The molecule has 0 amide bonds. The van der Waals surface area contributed by atoms with Crippen molar-refractivity contribution in [2.24, 2.45) is 4.99 Å². The van der Waals surface area contributed by atoms with E-state index in [-0.39, 0.29) is 5.97 Å². The monoisotopic (exact) mass is 205 g/mol. The molecule has 0 heterocycles. The first-order valence-corrected chi connectivity index (χ1v) is 4.72. The first-order valence-electron chi connectivity index (χ1n) is 4.72. The number of carbonyl (C=O) groups excluding carboxylic acids is 1. The van der Waals surface area contributed by atoms with Crippen LogP contribution in [0.4, 0.5) is 5.69 Å². The average Bonchev–Trinajstić information content (AvgIpc) is 2.15. The van der Waals surface area contributed by atoms with E-state index >= 15 is 0 Å². The fourth-order valence-electron chi connectivity index (χ4n) is 1.04. The van der Waals surface area contributed by atoms with Gasteiger partial charge in [0.2, 0.25) is 0 Å². The number of benzene rings is 1. The summed E-state index contributed by atoms with van der Waals surface area (Å²) in [6.45, 7) is 8.91. The topological polar surface area (TPSA) is 38.7 Å². The molecule has 0 aliphatic rings. The zero-order valence-corrected chi connectivity index (χ0v) is 9.28. The summed E-state index contributed by atoms with van der Waals surface area (Å²) in [5.41, 5.74) is 0.798. The molecular formula is C12H15NO2. The average molecular weight is 205 g/mol. The Kier molecular flexibility index (Phi) is 3.24. The molecule has 0 spiro atoms. The number of ether oxygens (including phenoxy) is 1. The molecule has 1 aromatic carbocycles. The highest BCUT2D eigenvalue weighted by Gasteiger charge is 2.17. The summed E-state index contributed by atoms with van der Waals surface area (Å²) >= 11 is 0. The molecule has 0 fully saturated rings. The van der Waals surface area contributed by atoms with Crippen LogP contribution in [0, 0.1) is 0 Å². The molecule has 15 heavy (non-hydrogen) atoms. The second kappa shape index (κ2) is 4.26. The summed E-state index contributed by atoms with van der Waals surface area (Å²) in [4.78, 5) is 15.3. The van der Waals surface area contributed by atoms with Crippen molar-refractivity contribution in [1.82, 2.24) is 0 Å². The molecule has 1 aromatic rings. The van der Waals surface area contributed by atoms with E-state index < -0.39 is 5.60 Å². The zero-order chi connectivity index (χ0) is 11.5. The highest BCUT2D eigenvalue weighted by molar-refractivity contribution is 5.90. The predicted octanol–water partition coefficient (Wildman–Crippen LogP) is 2.97. The number of aliphatic imine (C=N–C) groups is 1. The maximum absolute atomic E-state index is 11.6. The van der Waals surface area contributed by atoms with Gasteiger partial charge in [-0.2, -0.15) is 0 Å². The van der Waals surface area contributed by atoms with Crippen LogP contribution in [0.5, 0.6) is 0 Å². The maximum atomic E-state index is 11.6. The SMILES string of the molecule is C=Nc1ccc(C(=O)OC(C)(C)C)cc1. The van der Waals surface area contributed by atoms with Crippen molar-refractivity contribution < 1.29 is 9.53 Å². The molecule has 3 heteroatoms. The number of carbonyl (C=O) groups is 1. The lowest BCUT2D eigenvalue weighted by Crippen LogP contribution is -2.23. The first-order chi connectivity index (χ1) is 6.92. The van der Waals surface area contributed by atoms with Crippen LogP contribution in [0.1, 0.15) is 31.1 Å². The number of hydrogen-bond donors (Lipinski definition) is 0. The Balaban J connectivity index is 2.79. The van der Waals surface area contributed by atoms with Gasteiger partial charge in [0.15, 0.2) is 0 Å². The van der Waals surface area contributed by atoms with Gasteiger partial charge < -0.3 is 4.74 Å². The number of hydrogen-bond acceptors (Lipinski definition) is 3. The third kappa shape index (κ3) is 3.54. The van der Waals surface area contributed by atoms with E-state index in [1.807, 2.05) is 20.8 Å². The van der Waals surface area contributed by atoms with Crippen LogP contribution < -0.4 is 0 Å². The van der Waals surface area contributed by atoms with Gasteiger partial charge in [0.1, 0.15) is 5.60 Å². The Morgan fingerprint density at radius 1 is 1.27 bits per heavy atom. The van der Waals surface area contributed by atoms with Crippen molar-refractivity contribution in [2.75, 3.05) is 0 Å². The molecule has 0 aliphatic carbocycles. The van der Waals surface area contributed by atoms with Crippen molar-refractivity contribution in [3.63, 3.8) is 0 Å². The molecule has 0 N–H and O–H groups in total. The highest BCUT2D eigenvalue weighted by Crippen LogP contribution is 2.15. The van der Waals surface area contributed by atoms with E-state index in [4.69, 9.17) is 4.74 Å². The molecule has 0 atom stereocenters. The molecule has 1 rings (SSSR count). The zero-order valence-electron chi connectivity index (χ0n) is 9.28. The molecule has 0 saturated carbocycles. The molecule has 80 valence electrons. The lowest BCUT2D eigenvalue weighted by molar-refractivity contribution is 0.00696. The highest BCUT2D eigenvalue weighted by atomic mass is 16.6. The van der Waals surface area contributed by atoms with Gasteiger partial charge >= 0.3 is 5.97 Å². The Morgan fingerprint density at radius 2 is 1.80 bits per heavy atom. The minimum Gasteiger partial charge on any atom is -0.456 e. The predicted molar refractivity (Wildman–Crippen MR) is 60.8 cm³/mol. The van der Waals surface area contributed by atoms with Gasteiger partial charge in [-0.3, -0.25) is 4.99 Å². The molecule has 3 nitrogen and oxygen atoms in total. The second-order valence-corrected chi connectivity index (χ2v) is 4.21. The second-order valence-electron chi connectivity index (χ2n) is 4.21. The Labute approximate surface area is 89.8 Å². The summed E-state index contributed by atoms with van der Waals surface area (Å²) in [6, 6.07) is 6.81. The van der Waals surface area contributed by atoms with E-state index in [1.54, 1.807) is 24.3 Å². The molecule has 0 saturated heterocycles. The van der Waals surface area contributed by atoms with Crippen molar-refractivity contribution in [1.29, 1.82) is 0 Å². The number of nitrogens with zero attached hydrogens (tertiary/aromatic N) is 1. The van der Waals surface area contributed by atoms with Crippen LogP contribution in [0.3, 0.4) is 0 Å². The maximum Gasteiger partial charge on any atom is 0.338 e. The smallest absolute Gasteiger partial charge is 0.338 e. The van der Waals surface area contributed by atoms with Crippen molar-refractivity contribution in [3.8, 4) is 0 Å². The Hall–Kier alpha value is -1.64. The van der Waals surface area contributed by atoms with Crippen LogP contribution in [0.15, 0.2) is 29.3 Å². The normalized spacial score (nSPS) is 10.9. The molecule has 0 bridgehead atoms. The summed E-state index contributed by atoms with van der Waals surface area (Å²) in [7, 11) is 0. The lowest BCUT2D eigenvalue weighted by Gasteiger charge is -2.19. The molecular weight excluding hydrogens is 190 g/mol. The van der Waals surface area contributed by atoms with E-state index in [0.717, 1.165) is 5.69 Å². The van der Waals surface area contributed by atoms with Crippen LogP contribution in [0.25, 0.3) is 0 Å². The Bertz CT molecular complexity index is 360. The van der Waals surface area contributed by atoms with E-state index in [0.29, 0.717) is 5.56 Å². The van der Waals surface area contributed by atoms with Gasteiger partial charge in [-0.15, -0.1) is 0 Å². The van der Waals surface area contributed by atoms with Crippen LogP contribution in [-0.2, 0) is 4.74 Å². The van der Waals surface area contributed by atoms with Gasteiger partial charge in [0.25, 0.3) is 0 Å². The largest absolute Gasteiger partial charge is 0.456 e. The van der Waals surface area contributed by atoms with Gasteiger partial charge in [-0.25, -0.2) is 4.79 Å². The van der Waals surface area contributed by atoms with Gasteiger partial charge in [-0.1, -0.05) is 0 Å². The van der Waals surface area contributed by atoms with E-state index in [1.165, 1.54) is 0 Å². The molecule has 0 aromatic heterocycles. The molecule has 0 unspecified atom stereocenters. The van der Waals surface area contributed by atoms with E-state index in [2.05, 4.69) is 11.7 Å². The van der Waals surface area contributed by atoms with E-state index in [9.17, 15) is 4.79 Å². The fraction of sp³-hybridized carbons (Fsp3) is 0.333. The summed E-state index contributed by atoms with van der Waals surface area (Å²) < 4.78 is 5.21. The minimum atomic E-state index is -0.466. The number of rotatable bonds is 2. The summed E-state index contributed by atoms with van der Waals surface area (Å²) in [5, 5.41) is 0. The van der Waals surface area contributed by atoms with Crippen LogP contribution in [-0.4, -0.2) is 18.3 Å². The van der Waals surface area contributed by atoms with Crippen molar-refractivity contribution in [2.45, 2.75) is 26.4 Å². The standard InChI is InChI=1S/C12H15NO2/c1-12(2,3)15-11(14)9-5-7-10(13-4)8-6-9/h5-8H,4H2,1-3H3. The molecule has 0 aliphatic heterocycles. The summed E-state index contributed by atoms with van der Waals surface area (Å²) in [5.74, 6) is -0.321. The van der Waals surface area contributed by atoms with Crippen molar-refractivity contribution in [3.05, 3.63) is 29.8 Å². The minimum absolute atomic E-state index is 0.321. The quantitative estimate of drug-likeness (QED) is 0.550. The molecule has 0 radical (unpaired) electrons. The first kappa shape index (κ1) is 11.4. The third-order valence-electron chi connectivity index (χ3n) is 1.68. The Morgan fingerprint density at radius 3 is 2.20 bits per heavy atom. The fourth-order valence-corrected chi connectivity index (χ4v) is 1.04. The van der Waals surface area contributed by atoms with Crippen LogP contribution >= 0.6 is 0 Å². The third-order valence-corrected chi connectivity index (χ3v) is 1.68. The van der Waals surface area contributed by atoms with Gasteiger partial charge in [0, 0.05) is 0 Å². The van der Waals surface area contributed by atoms with Crippen LogP contribution in [0.2, 0.25) is 0 Å².